The van der Waals surface area contributed by atoms with E-state index in [1.165, 1.54) is 23.4 Å². The van der Waals surface area contributed by atoms with Crippen LogP contribution < -0.4 is 0 Å². The summed E-state index contributed by atoms with van der Waals surface area (Å²) in [7, 11) is 0. The van der Waals surface area contributed by atoms with Crippen molar-refractivity contribution in [1.29, 1.82) is 0 Å². The number of nitrogens with zero attached hydrogens (tertiary/aromatic N) is 2. The lowest BCUT2D eigenvalue weighted by Gasteiger charge is -2.11. The first-order valence-corrected chi connectivity index (χ1v) is 6.84. The van der Waals surface area contributed by atoms with Crippen LogP contribution in [0.1, 0.15) is 51.1 Å². The van der Waals surface area contributed by atoms with E-state index in [1.807, 2.05) is 0 Å². The third-order valence-electron chi connectivity index (χ3n) is 3.23. The molecule has 1 aromatic rings. The van der Waals surface area contributed by atoms with E-state index < -0.39 is 0 Å². The van der Waals surface area contributed by atoms with Crippen LogP contribution in [0.3, 0.4) is 0 Å². The lowest BCUT2D eigenvalue weighted by Crippen LogP contribution is -2.11. The van der Waals surface area contributed by atoms with Gasteiger partial charge in [0.1, 0.15) is 0 Å². The van der Waals surface area contributed by atoms with Crippen molar-refractivity contribution < 1.29 is 0 Å². The molecule has 3 heteroatoms. The molecule has 1 heterocycles. The number of hydrogen-bond acceptors (Lipinski definition) is 1. The molecule has 0 saturated heterocycles. The predicted octanol–water partition coefficient (Wildman–Crippen LogP) is 3.79. The van der Waals surface area contributed by atoms with E-state index in [1.54, 1.807) is 0 Å². The number of hydrogen-bond donors (Lipinski definition) is 0. The van der Waals surface area contributed by atoms with Crippen LogP contribution in [0.5, 0.6) is 0 Å². The molecule has 92 valence electrons. The van der Waals surface area contributed by atoms with Crippen molar-refractivity contribution in [3.8, 4) is 0 Å². The quantitative estimate of drug-likeness (QED) is 0.694. The van der Waals surface area contributed by atoms with Gasteiger partial charge in [0.25, 0.3) is 0 Å². The van der Waals surface area contributed by atoms with Crippen LogP contribution in [0.4, 0.5) is 0 Å². The molecule has 0 bridgehead atoms. The first kappa shape index (κ1) is 13.6. The molecule has 0 aromatic carbocycles. The highest BCUT2D eigenvalue weighted by atomic mass is 35.5. The third-order valence-corrected chi connectivity index (χ3v) is 3.50. The highest BCUT2D eigenvalue weighted by Crippen LogP contribution is 2.20. The molecule has 0 radical (unpaired) electrons. The number of alkyl halides is 1. The van der Waals surface area contributed by atoms with Crippen LogP contribution in [0.2, 0.25) is 0 Å². The second kappa shape index (κ2) is 6.29. The van der Waals surface area contributed by atoms with Crippen molar-refractivity contribution >= 4 is 11.6 Å². The summed E-state index contributed by atoms with van der Waals surface area (Å²) < 4.78 is 2.17. The Labute approximate surface area is 104 Å². The van der Waals surface area contributed by atoms with Gasteiger partial charge in [0.05, 0.1) is 11.6 Å². The Kier molecular flexibility index (Phi) is 5.33. The standard InChI is InChI=1S/C13H23ClN2/c1-5-10(4)9-16-13(7-3)11(8-14)12(6-2)15-16/h10H,5-9H2,1-4H3. The van der Waals surface area contributed by atoms with Crippen LogP contribution >= 0.6 is 11.6 Å². The van der Waals surface area contributed by atoms with Crippen LogP contribution in [0, 0.1) is 5.92 Å². The molecule has 16 heavy (non-hydrogen) atoms. The van der Waals surface area contributed by atoms with Gasteiger partial charge in [-0.05, 0) is 18.8 Å². The molecule has 1 unspecified atom stereocenters. The van der Waals surface area contributed by atoms with Gasteiger partial charge in [-0.25, -0.2) is 0 Å². The second-order valence-electron chi connectivity index (χ2n) is 4.41. The smallest absolute Gasteiger partial charge is 0.0668 e. The highest BCUT2D eigenvalue weighted by Gasteiger charge is 2.15. The molecule has 0 aliphatic heterocycles. The molecule has 0 N–H and O–H groups in total. The average Bonchev–Trinajstić information content (AvgIpc) is 2.65. The molecule has 1 atom stereocenters. The van der Waals surface area contributed by atoms with E-state index in [9.17, 15) is 0 Å². The van der Waals surface area contributed by atoms with Gasteiger partial charge < -0.3 is 0 Å². The molecular formula is C13H23ClN2. The number of halogens is 1. The molecule has 0 spiro atoms. The Morgan fingerprint density at radius 2 is 1.94 bits per heavy atom. The Morgan fingerprint density at radius 3 is 2.38 bits per heavy atom. The molecule has 1 aromatic heterocycles. The lowest BCUT2D eigenvalue weighted by atomic mass is 10.1. The summed E-state index contributed by atoms with van der Waals surface area (Å²) >= 11 is 6.03. The fourth-order valence-corrected chi connectivity index (χ4v) is 2.31. The first-order chi connectivity index (χ1) is 7.67. The summed E-state index contributed by atoms with van der Waals surface area (Å²) in [6.07, 6.45) is 3.19. The van der Waals surface area contributed by atoms with Gasteiger partial charge >= 0.3 is 0 Å². The molecular weight excluding hydrogens is 220 g/mol. The summed E-state index contributed by atoms with van der Waals surface area (Å²) in [5.41, 5.74) is 3.76. The van der Waals surface area contributed by atoms with Gasteiger partial charge in [0.2, 0.25) is 0 Å². The minimum Gasteiger partial charge on any atom is -0.269 e. The molecule has 0 aliphatic carbocycles. The van der Waals surface area contributed by atoms with Crippen LogP contribution in [0.15, 0.2) is 0 Å². The first-order valence-electron chi connectivity index (χ1n) is 6.31. The van der Waals surface area contributed by atoms with Gasteiger partial charge in [0.15, 0.2) is 0 Å². The van der Waals surface area contributed by atoms with Crippen molar-refractivity contribution in [2.45, 2.75) is 59.4 Å². The summed E-state index contributed by atoms with van der Waals surface area (Å²) in [6, 6.07) is 0. The maximum atomic E-state index is 6.03. The maximum absolute atomic E-state index is 6.03. The van der Waals surface area contributed by atoms with Gasteiger partial charge in [-0.15, -0.1) is 11.6 Å². The van der Waals surface area contributed by atoms with Crippen molar-refractivity contribution in [3.05, 3.63) is 17.0 Å². The van der Waals surface area contributed by atoms with Crippen LogP contribution in [-0.4, -0.2) is 9.78 Å². The normalized spacial score (nSPS) is 13.1. The van der Waals surface area contributed by atoms with E-state index in [0.29, 0.717) is 11.8 Å². The number of rotatable bonds is 6. The summed E-state index contributed by atoms with van der Waals surface area (Å²) in [6.45, 7) is 9.84. The minimum atomic E-state index is 0.590. The fourth-order valence-electron chi connectivity index (χ4n) is 2.00. The number of aromatic nitrogens is 2. The Bertz CT molecular complexity index is 331. The molecule has 0 saturated carbocycles. The topological polar surface area (TPSA) is 17.8 Å². The largest absolute Gasteiger partial charge is 0.269 e. The van der Waals surface area contributed by atoms with Crippen LogP contribution in [0.25, 0.3) is 0 Å². The van der Waals surface area contributed by atoms with Crippen molar-refractivity contribution in [2.75, 3.05) is 0 Å². The summed E-state index contributed by atoms with van der Waals surface area (Å²) in [5, 5.41) is 4.69. The predicted molar refractivity (Wildman–Crippen MR) is 70.0 cm³/mol. The SMILES string of the molecule is CCc1nn(CC(C)CC)c(CC)c1CCl. The molecule has 2 nitrogen and oxygen atoms in total. The van der Waals surface area contributed by atoms with Crippen molar-refractivity contribution in [3.63, 3.8) is 0 Å². The fraction of sp³-hybridized carbons (Fsp3) is 0.769. The third kappa shape index (κ3) is 2.79. The zero-order valence-corrected chi connectivity index (χ0v) is 11.6. The van der Waals surface area contributed by atoms with E-state index in [-0.39, 0.29) is 0 Å². The second-order valence-corrected chi connectivity index (χ2v) is 4.68. The van der Waals surface area contributed by atoms with Crippen LogP contribution in [-0.2, 0) is 25.3 Å². The molecule has 0 aliphatic rings. The summed E-state index contributed by atoms with van der Waals surface area (Å²) in [4.78, 5) is 0. The van der Waals surface area contributed by atoms with E-state index in [2.05, 4.69) is 32.4 Å². The maximum Gasteiger partial charge on any atom is 0.0668 e. The van der Waals surface area contributed by atoms with Crippen molar-refractivity contribution in [2.24, 2.45) is 5.92 Å². The van der Waals surface area contributed by atoms with Crippen molar-refractivity contribution in [1.82, 2.24) is 9.78 Å². The monoisotopic (exact) mass is 242 g/mol. The summed E-state index contributed by atoms with van der Waals surface area (Å²) in [5.74, 6) is 1.27. The van der Waals surface area contributed by atoms with Gasteiger partial charge in [0, 0.05) is 17.8 Å². The highest BCUT2D eigenvalue weighted by molar-refractivity contribution is 6.17. The lowest BCUT2D eigenvalue weighted by molar-refractivity contribution is 0.427. The van der Waals surface area contributed by atoms with Gasteiger partial charge in [-0.3, -0.25) is 4.68 Å². The minimum absolute atomic E-state index is 0.590. The van der Waals surface area contributed by atoms with Gasteiger partial charge in [-0.2, -0.15) is 5.10 Å². The van der Waals surface area contributed by atoms with E-state index >= 15 is 0 Å². The molecule has 1 rings (SSSR count). The zero-order valence-electron chi connectivity index (χ0n) is 10.9. The average molecular weight is 243 g/mol. The van der Waals surface area contributed by atoms with E-state index in [4.69, 9.17) is 16.7 Å². The molecule has 0 fully saturated rings. The zero-order chi connectivity index (χ0) is 12.1. The Morgan fingerprint density at radius 1 is 1.25 bits per heavy atom. The molecule has 0 amide bonds. The van der Waals surface area contributed by atoms with E-state index in [0.717, 1.165) is 19.4 Å². The number of aryl methyl sites for hydroxylation is 1. The Balaban J connectivity index is 3.03. The Hall–Kier alpha value is -0.500. The van der Waals surface area contributed by atoms with Gasteiger partial charge in [-0.1, -0.05) is 34.1 Å².